The quantitative estimate of drug-likeness (QED) is 0.608. The van der Waals surface area contributed by atoms with Crippen molar-refractivity contribution in [3.05, 3.63) is 0 Å². The Balaban J connectivity index is 1.54. The third-order valence-corrected chi connectivity index (χ3v) is 7.98. The van der Waals surface area contributed by atoms with Crippen molar-refractivity contribution < 1.29 is 27.5 Å². The second kappa shape index (κ2) is 9.82. The van der Waals surface area contributed by atoms with Gasteiger partial charge in [0.05, 0.1) is 18.1 Å². The number of amides is 2. The van der Waals surface area contributed by atoms with Crippen LogP contribution in [-0.2, 0) is 24.5 Å². The molecule has 3 fully saturated rings. The van der Waals surface area contributed by atoms with Gasteiger partial charge < -0.3 is 19.3 Å². The SMILES string of the molecule is CC1CN(S(=O)(=O)N2CCN(C(=O)C3CCCN(C(=O)OC(C)(C)C)C3)CC2)CC(C)O1. The lowest BCUT2D eigenvalue weighted by Gasteiger charge is -2.41. The zero-order chi connectivity index (χ0) is 23.7. The fourth-order valence-corrected chi connectivity index (χ4v) is 6.30. The van der Waals surface area contributed by atoms with Gasteiger partial charge in [0.1, 0.15) is 5.60 Å². The van der Waals surface area contributed by atoms with E-state index in [0.29, 0.717) is 39.3 Å². The number of carbonyl (C=O) groups is 2. The maximum absolute atomic E-state index is 13.1. The van der Waals surface area contributed by atoms with E-state index in [9.17, 15) is 18.0 Å². The molecule has 2 amide bonds. The molecule has 3 unspecified atom stereocenters. The summed E-state index contributed by atoms with van der Waals surface area (Å²) in [5.41, 5.74) is -0.577. The van der Waals surface area contributed by atoms with E-state index in [1.54, 1.807) is 9.80 Å². The molecule has 0 aromatic heterocycles. The Hall–Kier alpha value is -1.43. The summed E-state index contributed by atoms with van der Waals surface area (Å²) in [5, 5.41) is 0. The molecule has 0 radical (unpaired) electrons. The molecule has 0 spiro atoms. The first kappa shape index (κ1) is 25.2. The molecule has 32 heavy (non-hydrogen) atoms. The van der Waals surface area contributed by atoms with Gasteiger partial charge in [0.2, 0.25) is 5.91 Å². The lowest BCUT2D eigenvalue weighted by atomic mass is 9.96. The predicted octanol–water partition coefficient (Wildman–Crippen LogP) is 1.13. The topological polar surface area (TPSA) is 99.7 Å². The minimum absolute atomic E-state index is 0.0103. The Kier molecular flexibility index (Phi) is 7.73. The molecule has 11 heteroatoms. The smallest absolute Gasteiger partial charge is 0.410 e. The van der Waals surface area contributed by atoms with Crippen molar-refractivity contribution in [2.75, 3.05) is 52.4 Å². The van der Waals surface area contributed by atoms with E-state index in [1.165, 1.54) is 8.61 Å². The highest BCUT2D eigenvalue weighted by Gasteiger charge is 2.39. The molecule has 3 rings (SSSR count). The number of carbonyl (C=O) groups excluding carboxylic acids is 2. The fraction of sp³-hybridized carbons (Fsp3) is 0.905. The highest BCUT2D eigenvalue weighted by atomic mass is 32.2. The summed E-state index contributed by atoms with van der Waals surface area (Å²) in [5.74, 6) is -0.288. The number of likely N-dealkylation sites (tertiary alicyclic amines) is 1. The van der Waals surface area contributed by atoms with Crippen LogP contribution in [0, 0.1) is 5.92 Å². The van der Waals surface area contributed by atoms with E-state index in [1.807, 2.05) is 34.6 Å². The van der Waals surface area contributed by atoms with Gasteiger partial charge in [-0.3, -0.25) is 4.79 Å². The zero-order valence-corrected chi connectivity index (χ0v) is 20.8. The van der Waals surface area contributed by atoms with Gasteiger partial charge in [0, 0.05) is 52.4 Å². The van der Waals surface area contributed by atoms with Gasteiger partial charge in [-0.15, -0.1) is 0 Å². The fourth-order valence-electron chi connectivity index (χ4n) is 4.55. The first-order valence-electron chi connectivity index (χ1n) is 11.5. The van der Waals surface area contributed by atoms with Crippen LogP contribution in [0.2, 0.25) is 0 Å². The Bertz CT molecular complexity index is 781. The molecule has 0 N–H and O–H groups in total. The van der Waals surface area contributed by atoms with Crippen molar-refractivity contribution in [2.24, 2.45) is 5.92 Å². The van der Waals surface area contributed by atoms with Crippen molar-refractivity contribution in [1.29, 1.82) is 0 Å². The second-order valence-corrected chi connectivity index (χ2v) is 12.0. The summed E-state index contributed by atoms with van der Waals surface area (Å²) in [6, 6.07) is 0. The Labute approximate surface area is 192 Å². The number of nitrogens with zero attached hydrogens (tertiary/aromatic N) is 4. The number of hydrogen-bond donors (Lipinski definition) is 0. The van der Waals surface area contributed by atoms with Crippen LogP contribution in [0.15, 0.2) is 0 Å². The van der Waals surface area contributed by atoms with E-state index in [0.717, 1.165) is 12.8 Å². The number of ether oxygens (including phenoxy) is 2. The molecule has 3 atom stereocenters. The van der Waals surface area contributed by atoms with Gasteiger partial charge >= 0.3 is 6.09 Å². The normalized spacial score (nSPS) is 29.1. The van der Waals surface area contributed by atoms with E-state index < -0.39 is 15.8 Å². The molecule has 0 saturated carbocycles. The summed E-state index contributed by atoms with van der Waals surface area (Å²) in [7, 11) is -3.58. The molecule has 0 aromatic rings. The summed E-state index contributed by atoms with van der Waals surface area (Å²) in [4.78, 5) is 28.8. The maximum Gasteiger partial charge on any atom is 0.410 e. The van der Waals surface area contributed by atoms with Crippen LogP contribution >= 0.6 is 0 Å². The molecule has 0 bridgehead atoms. The van der Waals surface area contributed by atoms with Crippen molar-refractivity contribution >= 4 is 22.2 Å². The molecular formula is C21H38N4O6S. The van der Waals surface area contributed by atoms with Gasteiger partial charge in [-0.2, -0.15) is 17.0 Å². The molecule has 0 aliphatic carbocycles. The number of piperazine rings is 1. The summed E-state index contributed by atoms with van der Waals surface area (Å²) < 4.78 is 40.2. The lowest BCUT2D eigenvalue weighted by Crippen LogP contribution is -2.58. The molecule has 3 heterocycles. The third kappa shape index (κ3) is 6.12. The van der Waals surface area contributed by atoms with Crippen molar-refractivity contribution in [2.45, 2.75) is 65.3 Å². The van der Waals surface area contributed by atoms with Crippen LogP contribution < -0.4 is 0 Å². The van der Waals surface area contributed by atoms with Gasteiger partial charge in [0.25, 0.3) is 10.2 Å². The van der Waals surface area contributed by atoms with Crippen LogP contribution in [0.4, 0.5) is 4.79 Å². The van der Waals surface area contributed by atoms with Crippen LogP contribution in [0.5, 0.6) is 0 Å². The van der Waals surface area contributed by atoms with Gasteiger partial charge in [-0.25, -0.2) is 4.79 Å². The number of piperidine rings is 1. The van der Waals surface area contributed by atoms with E-state index in [2.05, 4.69) is 0 Å². The minimum Gasteiger partial charge on any atom is -0.444 e. The van der Waals surface area contributed by atoms with Crippen molar-refractivity contribution in [1.82, 2.24) is 18.4 Å². The number of rotatable bonds is 3. The van der Waals surface area contributed by atoms with Crippen molar-refractivity contribution in [3.8, 4) is 0 Å². The van der Waals surface area contributed by atoms with Crippen molar-refractivity contribution in [3.63, 3.8) is 0 Å². The van der Waals surface area contributed by atoms with E-state index >= 15 is 0 Å². The minimum atomic E-state index is -3.58. The Morgan fingerprint density at radius 2 is 1.47 bits per heavy atom. The van der Waals surface area contributed by atoms with Gasteiger partial charge in [0.15, 0.2) is 0 Å². The highest BCUT2D eigenvalue weighted by Crippen LogP contribution is 2.23. The largest absolute Gasteiger partial charge is 0.444 e. The second-order valence-electron chi connectivity index (χ2n) is 10.1. The van der Waals surface area contributed by atoms with Gasteiger partial charge in [-0.05, 0) is 47.5 Å². The average Bonchev–Trinajstić information content (AvgIpc) is 2.71. The van der Waals surface area contributed by atoms with Gasteiger partial charge in [-0.1, -0.05) is 0 Å². The zero-order valence-electron chi connectivity index (χ0n) is 19.9. The Morgan fingerprint density at radius 1 is 0.875 bits per heavy atom. The Morgan fingerprint density at radius 3 is 2.03 bits per heavy atom. The summed E-state index contributed by atoms with van der Waals surface area (Å²) in [6.07, 6.45) is 0.795. The molecule has 0 aromatic carbocycles. The summed E-state index contributed by atoms with van der Waals surface area (Å²) >= 11 is 0. The van der Waals surface area contributed by atoms with Crippen LogP contribution in [-0.4, -0.2) is 109 Å². The lowest BCUT2D eigenvalue weighted by molar-refractivity contribution is -0.138. The molecule has 184 valence electrons. The van der Waals surface area contributed by atoms with Crippen LogP contribution in [0.1, 0.15) is 47.5 Å². The number of morpholine rings is 1. The third-order valence-electron chi connectivity index (χ3n) is 6.01. The monoisotopic (exact) mass is 474 g/mol. The molecule has 3 aliphatic heterocycles. The first-order valence-corrected chi connectivity index (χ1v) is 12.9. The van der Waals surface area contributed by atoms with Crippen LogP contribution in [0.25, 0.3) is 0 Å². The maximum atomic E-state index is 13.1. The molecule has 3 saturated heterocycles. The standard InChI is InChI=1S/C21H38N4O6S/c1-16-13-25(14-17(2)30-16)32(28,29)24-11-9-22(10-12-24)19(26)18-7-6-8-23(15-18)20(27)31-21(3,4)5/h16-18H,6-15H2,1-5H3. The molecular weight excluding hydrogens is 436 g/mol. The first-order chi connectivity index (χ1) is 14.9. The van der Waals surface area contributed by atoms with E-state index in [4.69, 9.17) is 9.47 Å². The van der Waals surface area contributed by atoms with Crippen LogP contribution in [0.3, 0.4) is 0 Å². The van der Waals surface area contributed by atoms with E-state index in [-0.39, 0.29) is 43.2 Å². The molecule has 10 nitrogen and oxygen atoms in total. The summed E-state index contributed by atoms with van der Waals surface area (Å²) in [6.45, 7) is 12.1. The highest BCUT2D eigenvalue weighted by molar-refractivity contribution is 7.86. The predicted molar refractivity (Wildman–Crippen MR) is 119 cm³/mol. The molecule has 3 aliphatic rings. The number of hydrogen-bond acceptors (Lipinski definition) is 6. The average molecular weight is 475 g/mol.